The number of H-pyrrole nitrogens is 1. The fourth-order valence-electron chi connectivity index (χ4n) is 2.41. The van der Waals surface area contributed by atoms with Crippen LogP contribution in [-0.2, 0) is 6.42 Å². The van der Waals surface area contributed by atoms with E-state index in [1.807, 2.05) is 42.5 Å². The molecule has 3 aromatic rings. The minimum Gasteiger partial charge on any atom is -0.322 e. The van der Waals surface area contributed by atoms with Crippen LogP contribution in [0.2, 0.25) is 0 Å². The maximum atomic E-state index is 12.5. The Morgan fingerprint density at radius 1 is 1.09 bits per heavy atom. The second-order valence-electron chi connectivity index (χ2n) is 5.10. The monoisotopic (exact) mass is 292 g/mol. The summed E-state index contributed by atoms with van der Waals surface area (Å²) in [4.78, 5) is 26.9. The highest BCUT2D eigenvalue weighted by Gasteiger charge is 2.11. The molecule has 0 spiro atoms. The maximum Gasteiger partial charge on any atom is 0.256 e. The zero-order valence-corrected chi connectivity index (χ0v) is 12.2. The van der Waals surface area contributed by atoms with Gasteiger partial charge in [-0.3, -0.25) is 9.59 Å². The third kappa shape index (κ3) is 2.76. The van der Waals surface area contributed by atoms with Crippen molar-refractivity contribution in [3.05, 3.63) is 76.1 Å². The SMILES string of the molecule is CCc1ccc(NC(=O)c2cc(=O)[nH]c3ccccc23)cc1. The van der Waals surface area contributed by atoms with E-state index in [-0.39, 0.29) is 11.5 Å². The summed E-state index contributed by atoms with van der Waals surface area (Å²) >= 11 is 0. The molecule has 0 saturated carbocycles. The number of aromatic amines is 1. The lowest BCUT2D eigenvalue weighted by atomic mass is 10.1. The first-order valence-electron chi connectivity index (χ1n) is 7.19. The molecule has 0 bridgehead atoms. The van der Waals surface area contributed by atoms with Crippen molar-refractivity contribution in [2.24, 2.45) is 0 Å². The van der Waals surface area contributed by atoms with Crippen molar-refractivity contribution in [1.29, 1.82) is 0 Å². The Morgan fingerprint density at radius 2 is 1.82 bits per heavy atom. The van der Waals surface area contributed by atoms with Crippen molar-refractivity contribution < 1.29 is 4.79 Å². The Bertz CT molecular complexity index is 879. The van der Waals surface area contributed by atoms with E-state index < -0.39 is 0 Å². The van der Waals surface area contributed by atoms with Crippen LogP contribution in [0.15, 0.2) is 59.4 Å². The number of anilines is 1. The number of carbonyl (C=O) groups excluding carboxylic acids is 1. The number of amides is 1. The Balaban J connectivity index is 1.96. The summed E-state index contributed by atoms with van der Waals surface area (Å²) in [5.41, 5.74) is 2.66. The molecule has 0 saturated heterocycles. The molecule has 1 heterocycles. The molecule has 0 radical (unpaired) electrons. The van der Waals surface area contributed by atoms with Gasteiger partial charge in [0.25, 0.3) is 5.91 Å². The predicted octanol–water partition coefficient (Wildman–Crippen LogP) is 3.34. The summed E-state index contributed by atoms with van der Waals surface area (Å²) in [6, 6.07) is 16.3. The maximum absolute atomic E-state index is 12.5. The number of fused-ring (bicyclic) bond motifs is 1. The Morgan fingerprint density at radius 3 is 2.55 bits per heavy atom. The van der Waals surface area contributed by atoms with Crippen molar-refractivity contribution >= 4 is 22.5 Å². The van der Waals surface area contributed by atoms with Crippen LogP contribution in [-0.4, -0.2) is 10.9 Å². The van der Waals surface area contributed by atoms with Crippen LogP contribution in [0.1, 0.15) is 22.8 Å². The summed E-state index contributed by atoms with van der Waals surface area (Å²) < 4.78 is 0. The predicted molar refractivity (Wildman–Crippen MR) is 88.3 cm³/mol. The number of benzene rings is 2. The molecule has 22 heavy (non-hydrogen) atoms. The number of hydrogen-bond donors (Lipinski definition) is 2. The van der Waals surface area contributed by atoms with Gasteiger partial charge < -0.3 is 10.3 Å². The highest BCUT2D eigenvalue weighted by molar-refractivity contribution is 6.12. The Kier molecular flexibility index (Phi) is 3.74. The van der Waals surface area contributed by atoms with E-state index in [4.69, 9.17) is 0 Å². The molecular weight excluding hydrogens is 276 g/mol. The summed E-state index contributed by atoms with van der Waals surface area (Å²) in [7, 11) is 0. The first-order valence-corrected chi connectivity index (χ1v) is 7.19. The fourth-order valence-corrected chi connectivity index (χ4v) is 2.41. The highest BCUT2D eigenvalue weighted by Crippen LogP contribution is 2.17. The Hall–Kier alpha value is -2.88. The summed E-state index contributed by atoms with van der Waals surface area (Å²) in [5.74, 6) is -0.286. The zero-order valence-electron chi connectivity index (χ0n) is 12.2. The number of para-hydroxylation sites is 1. The van der Waals surface area contributed by atoms with E-state index in [9.17, 15) is 9.59 Å². The zero-order chi connectivity index (χ0) is 15.5. The minimum atomic E-state index is -0.287. The van der Waals surface area contributed by atoms with Gasteiger partial charge in [-0.1, -0.05) is 37.3 Å². The molecular formula is C18H16N2O2. The van der Waals surface area contributed by atoms with Crippen LogP contribution in [0.4, 0.5) is 5.69 Å². The number of aromatic nitrogens is 1. The molecule has 0 aliphatic carbocycles. The smallest absolute Gasteiger partial charge is 0.256 e. The topological polar surface area (TPSA) is 62.0 Å². The molecule has 2 aromatic carbocycles. The van der Waals surface area contributed by atoms with E-state index in [1.165, 1.54) is 11.6 Å². The average Bonchev–Trinajstić information content (AvgIpc) is 2.54. The highest BCUT2D eigenvalue weighted by atomic mass is 16.2. The first-order chi connectivity index (χ1) is 10.7. The van der Waals surface area contributed by atoms with E-state index in [0.29, 0.717) is 16.8 Å². The lowest BCUT2D eigenvalue weighted by molar-refractivity contribution is 0.102. The molecule has 3 rings (SSSR count). The van der Waals surface area contributed by atoms with Crippen molar-refractivity contribution in [2.45, 2.75) is 13.3 Å². The number of rotatable bonds is 3. The van der Waals surface area contributed by atoms with Crippen LogP contribution < -0.4 is 10.9 Å². The molecule has 0 atom stereocenters. The molecule has 0 fully saturated rings. The molecule has 0 unspecified atom stereocenters. The standard InChI is InChI=1S/C18H16N2O2/c1-2-12-7-9-13(10-8-12)19-18(22)15-11-17(21)20-16-6-4-3-5-14(15)16/h3-11H,2H2,1H3,(H,19,22)(H,20,21). The number of carbonyl (C=O) groups is 1. The lowest BCUT2D eigenvalue weighted by Crippen LogP contribution is -2.16. The van der Waals surface area contributed by atoms with Gasteiger partial charge in [0.2, 0.25) is 5.56 Å². The van der Waals surface area contributed by atoms with Gasteiger partial charge in [0.1, 0.15) is 0 Å². The molecule has 4 heteroatoms. The van der Waals surface area contributed by atoms with Crippen molar-refractivity contribution in [3.8, 4) is 0 Å². The fraction of sp³-hybridized carbons (Fsp3) is 0.111. The third-order valence-electron chi connectivity index (χ3n) is 3.62. The lowest BCUT2D eigenvalue weighted by Gasteiger charge is -2.08. The molecule has 2 N–H and O–H groups in total. The number of hydrogen-bond acceptors (Lipinski definition) is 2. The van der Waals surface area contributed by atoms with E-state index >= 15 is 0 Å². The first kappa shape index (κ1) is 14.1. The van der Waals surface area contributed by atoms with Gasteiger partial charge in [-0.2, -0.15) is 0 Å². The van der Waals surface area contributed by atoms with Gasteiger partial charge in [-0.15, -0.1) is 0 Å². The Labute approximate surface area is 127 Å². The molecule has 110 valence electrons. The van der Waals surface area contributed by atoms with Gasteiger partial charge in [-0.25, -0.2) is 0 Å². The van der Waals surface area contributed by atoms with E-state index in [0.717, 1.165) is 11.8 Å². The van der Waals surface area contributed by atoms with Gasteiger partial charge in [0.15, 0.2) is 0 Å². The number of nitrogens with one attached hydrogen (secondary N) is 2. The van der Waals surface area contributed by atoms with Crippen molar-refractivity contribution in [3.63, 3.8) is 0 Å². The summed E-state index contributed by atoms with van der Waals surface area (Å²) in [6.07, 6.45) is 0.951. The van der Waals surface area contributed by atoms with Gasteiger partial charge in [0.05, 0.1) is 5.56 Å². The second kappa shape index (κ2) is 5.85. The van der Waals surface area contributed by atoms with E-state index in [2.05, 4.69) is 17.2 Å². The molecule has 1 aromatic heterocycles. The number of pyridine rings is 1. The van der Waals surface area contributed by atoms with Crippen LogP contribution in [0.5, 0.6) is 0 Å². The van der Waals surface area contributed by atoms with Gasteiger partial charge >= 0.3 is 0 Å². The van der Waals surface area contributed by atoms with Gasteiger partial charge in [0, 0.05) is 22.7 Å². The van der Waals surface area contributed by atoms with Gasteiger partial charge in [-0.05, 0) is 30.2 Å². The van der Waals surface area contributed by atoms with Crippen LogP contribution in [0.3, 0.4) is 0 Å². The number of aryl methyl sites for hydroxylation is 1. The van der Waals surface area contributed by atoms with Crippen molar-refractivity contribution in [2.75, 3.05) is 5.32 Å². The third-order valence-corrected chi connectivity index (χ3v) is 3.62. The molecule has 0 aliphatic heterocycles. The summed E-state index contributed by atoms with van der Waals surface area (Å²) in [5, 5.41) is 3.56. The molecule has 0 aliphatic rings. The van der Waals surface area contributed by atoms with Crippen LogP contribution in [0.25, 0.3) is 10.9 Å². The minimum absolute atomic E-state index is 0.286. The normalized spacial score (nSPS) is 10.6. The quantitative estimate of drug-likeness (QED) is 0.777. The van der Waals surface area contributed by atoms with E-state index in [1.54, 1.807) is 6.07 Å². The second-order valence-corrected chi connectivity index (χ2v) is 5.10. The molecule has 4 nitrogen and oxygen atoms in total. The summed E-state index contributed by atoms with van der Waals surface area (Å²) in [6.45, 7) is 2.08. The van der Waals surface area contributed by atoms with Crippen molar-refractivity contribution in [1.82, 2.24) is 4.98 Å². The van der Waals surface area contributed by atoms with Crippen LogP contribution >= 0.6 is 0 Å². The van der Waals surface area contributed by atoms with Crippen LogP contribution in [0, 0.1) is 0 Å². The molecule has 1 amide bonds. The largest absolute Gasteiger partial charge is 0.322 e. The average molecular weight is 292 g/mol.